The molecular weight excluding hydrogens is 222 g/mol. The minimum Gasteiger partial charge on any atom is -0.412 e. The minimum absolute atomic E-state index is 0. The molecule has 9 heteroatoms. The molecule has 0 aliphatic rings. The van der Waals surface area contributed by atoms with E-state index in [2.05, 4.69) is 0 Å². The van der Waals surface area contributed by atoms with Crippen molar-refractivity contribution in [2.24, 2.45) is 0 Å². The lowest BCUT2D eigenvalue weighted by molar-refractivity contribution is -0.182. The Bertz CT molecular complexity index is 203. The maximum atomic E-state index is 11.3. The van der Waals surface area contributed by atoms with Gasteiger partial charge in [0.05, 0.1) is 6.42 Å². The average Bonchev–Trinajstić information content (AvgIpc) is 1.82. The van der Waals surface area contributed by atoms with Crippen molar-refractivity contribution in [2.75, 3.05) is 0 Å². The quantitative estimate of drug-likeness (QED) is 0.516. The van der Waals surface area contributed by atoms with Crippen LogP contribution >= 0.6 is 0 Å². The molecule has 0 radical (unpaired) electrons. The van der Waals surface area contributed by atoms with Crippen LogP contribution in [0.25, 0.3) is 0 Å². The van der Waals surface area contributed by atoms with Crippen LogP contribution in [0, 0.1) is 0 Å². The van der Waals surface area contributed by atoms with Crippen molar-refractivity contribution in [3.8, 4) is 0 Å². The fourth-order valence-corrected chi connectivity index (χ4v) is 0.346. The molecule has 0 heterocycles. The molecule has 3 nitrogen and oxygen atoms in total. The fourth-order valence-electron chi connectivity index (χ4n) is 0.346. The molecule has 0 fully saturated rings. The number of ketones is 2. The van der Waals surface area contributed by atoms with E-state index in [-0.39, 0.29) is 5.48 Å². The van der Waals surface area contributed by atoms with Crippen LogP contribution in [0.5, 0.6) is 0 Å². The predicted molar refractivity (Wildman–Crippen MR) is 30.4 cm³/mol. The highest BCUT2D eigenvalue weighted by Crippen LogP contribution is 2.23. The molecule has 0 atom stereocenters. The summed E-state index contributed by atoms with van der Waals surface area (Å²) in [6, 6.07) is 0. The monoisotopic (exact) mass is 226 g/mol. The molecule has 0 unspecified atom stereocenters. The number of alkyl halides is 6. The lowest BCUT2D eigenvalue weighted by Gasteiger charge is -2.06. The lowest BCUT2D eigenvalue weighted by Crippen LogP contribution is -2.31. The molecule has 0 aromatic carbocycles. The molecule has 0 rings (SSSR count). The summed E-state index contributed by atoms with van der Waals surface area (Å²) in [5.41, 5.74) is 0. The van der Waals surface area contributed by atoms with E-state index in [0.717, 1.165) is 0 Å². The standard InChI is InChI=1S/C5H2F6O2.H2O/c6-4(7,8)2(12)1-3(13)5(9,10)11;/h1H2;1H2. The van der Waals surface area contributed by atoms with Crippen molar-refractivity contribution in [3.63, 3.8) is 0 Å². The summed E-state index contributed by atoms with van der Waals surface area (Å²) in [5.74, 6) is -5.40. The maximum Gasteiger partial charge on any atom is 0.450 e. The average molecular weight is 226 g/mol. The van der Waals surface area contributed by atoms with Gasteiger partial charge in [0.25, 0.3) is 0 Å². The molecule has 2 N–H and O–H groups in total. The van der Waals surface area contributed by atoms with Crippen LogP contribution in [0.2, 0.25) is 0 Å². The van der Waals surface area contributed by atoms with Crippen LogP contribution in [0.4, 0.5) is 26.3 Å². The number of hydrogen-bond donors (Lipinski definition) is 0. The second-order valence-corrected chi connectivity index (χ2v) is 2.02. The molecule has 0 aliphatic carbocycles. The molecule has 0 spiro atoms. The molecule has 0 aromatic rings. The largest absolute Gasteiger partial charge is 0.450 e. The molecule has 0 bridgehead atoms. The Morgan fingerprint density at radius 3 is 1.14 bits per heavy atom. The van der Waals surface area contributed by atoms with Gasteiger partial charge in [-0.3, -0.25) is 9.59 Å². The molecule has 84 valence electrons. The molecule has 0 aromatic heterocycles. The van der Waals surface area contributed by atoms with Gasteiger partial charge in [-0.15, -0.1) is 0 Å². The van der Waals surface area contributed by atoms with Crippen LogP contribution in [0.15, 0.2) is 0 Å². The van der Waals surface area contributed by atoms with Crippen LogP contribution in [0.1, 0.15) is 6.42 Å². The molecule has 0 saturated carbocycles. The van der Waals surface area contributed by atoms with Gasteiger partial charge in [-0.05, 0) is 0 Å². The molecular formula is C5H4F6O3. The van der Waals surface area contributed by atoms with Crippen LogP contribution in [-0.2, 0) is 9.59 Å². The summed E-state index contributed by atoms with van der Waals surface area (Å²) in [5, 5.41) is 0. The fraction of sp³-hybridized carbons (Fsp3) is 0.600. The minimum atomic E-state index is -5.40. The number of carbonyl (C=O) groups excluding carboxylic acids is 2. The Morgan fingerprint density at radius 1 is 0.786 bits per heavy atom. The molecule has 14 heavy (non-hydrogen) atoms. The second kappa shape index (κ2) is 4.40. The van der Waals surface area contributed by atoms with Crippen molar-refractivity contribution in [1.82, 2.24) is 0 Å². The first-order chi connectivity index (χ1) is 5.55. The van der Waals surface area contributed by atoms with Gasteiger partial charge in [0.2, 0.25) is 11.6 Å². The zero-order valence-corrected chi connectivity index (χ0v) is 6.29. The number of rotatable bonds is 2. The Kier molecular flexibility index (Phi) is 4.83. The van der Waals surface area contributed by atoms with Gasteiger partial charge in [-0.25, -0.2) is 0 Å². The van der Waals surface area contributed by atoms with Crippen molar-refractivity contribution >= 4 is 11.6 Å². The third-order valence-corrected chi connectivity index (χ3v) is 0.953. The number of halogens is 6. The van der Waals surface area contributed by atoms with E-state index in [9.17, 15) is 35.9 Å². The van der Waals surface area contributed by atoms with Gasteiger partial charge < -0.3 is 5.48 Å². The smallest absolute Gasteiger partial charge is 0.412 e. The van der Waals surface area contributed by atoms with Crippen LogP contribution in [-0.4, -0.2) is 29.4 Å². The Labute approximate surface area is 73.0 Å². The topological polar surface area (TPSA) is 65.6 Å². The number of hydrogen-bond acceptors (Lipinski definition) is 2. The van der Waals surface area contributed by atoms with Gasteiger partial charge in [0, 0.05) is 0 Å². The summed E-state index contributed by atoms with van der Waals surface area (Å²) in [4.78, 5) is 19.8. The first kappa shape index (κ1) is 15.4. The lowest BCUT2D eigenvalue weighted by atomic mass is 10.2. The molecule has 0 saturated heterocycles. The summed E-state index contributed by atoms with van der Waals surface area (Å²) in [7, 11) is 0. The second-order valence-electron chi connectivity index (χ2n) is 2.02. The van der Waals surface area contributed by atoms with Crippen LogP contribution < -0.4 is 0 Å². The van der Waals surface area contributed by atoms with E-state index in [1.807, 2.05) is 0 Å². The maximum absolute atomic E-state index is 11.3. The highest BCUT2D eigenvalue weighted by molar-refractivity contribution is 6.03. The highest BCUT2D eigenvalue weighted by atomic mass is 19.4. The first-order valence-electron chi connectivity index (χ1n) is 2.75. The van der Waals surface area contributed by atoms with E-state index < -0.39 is 30.3 Å². The van der Waals surface area contributed by atoms with E-state index in [1.165, 1.54) is 0 Å². The van der Waals surface area contributed by atoms with E-state index >= 15 is 0 Å². The Morgan fingerprint density at radius 2 is 1.00 bits per heavy atom. The molecule has 0 amide bonds. The number of carbonyl (C=O) groups is 2. The Balaban J connectivity index is 0. The first-order valence-corrected chi connectivity index (χ1v) is 2.75. The van der Waals surface area contributed by atoms with Crippen molar-refractivity contribution in [3.05, 3.63) is 0 Å². The summed E-state index contributed by atoms with van der Waals surface area (Å²) in [6.07, 6.45) is -13.0. The van der Waals surface area contributed by atoms with E-state index in [4.69, 9.17) is 0 Å². The van der Waals surface area contributed by atoms with E-state index in [1.54, 1.807) is 0 Å². The zero-order chi connectivity index (χ0) is 10.9. The predicted octanol–water partition coefficient (Wildman–Crippen LogP) is 0.815. The summed E-state index contributed by atoms with van der Waals surface area (Å²) < 4.78 is 68.0. The number of Topliss-reactive ketones (excluding diaryl/α,β-unsaturated/α-hetero) is 2. The van der Waals surface area contributed by atoms with Crippen molar-refractivity contribution in [1.29, 1.82) is 0 Å². The van der Waals surface area contributed by atoms with Gasteiger partial charge in [0.15, 0.2) is 0 Å². The zero-order valence-electron chi connectivity index (χ0n) is 6.29. The van der Waals surface area contributed by atoms with Crippen LogP contribution in [0.3, 0.4) is 0 Å². The molecule has 0 aliphatic heterocycles. The van der Waals surface area contributed by atoms with Crippen molar-refractivity contribution in [2.45, 2.75) is 18.8 Å². The highest BCUT2D eigenvalue weighted by Gasteiger charge is 2.46. The van der Waals surface area contributed by atoms with Gasteiger partial charge in [0.1, 0.15) is 0 Å². The van der Waals surface area contributed by atoms with Gasteiger partial charge in [-0.1, -0.05) is 0 Å². The normalized spacial score (nSPS) is 11.9. The van der Waals surface area contributed by atoms with E-state index in [0.29, 0.717) is 0 Å². The summed E-state index contributed by atoms with van der Waals surface area (Å²) in [6.45, 7) is 0. The van der Waals surface area contributed by atoms with Crippen molar-refractivity contribution < 1.29 is 41.4 Å². The Hall–Kier alpha value is -1.12. The van der Waals surface area contributed by atoms with Gasteiger partial charge >= 0.3 is 12.4 Å². The summed E-state index contributed by atoms with van der Waals surface area (Å²) >= 11 is 0. The third-order valence-electron chi connectivity index (χ3n) is 0.953. The van der Waals surface area contributed by atoms with Gasteiger partial charge in [-0.2, -0.15) is 26.3 Å². The third kappa shape index (κ3) is 4.80. The SMILES string of the molecule is O.O=C(CC(=O)C(F)(F)F)C(F)(F)F.